The van der Waals surface area contributed by atoms with E-state index in [-0.39, 0.29) is 30.0 Å². The Morgan fingerprint density at radius 3 is 2.50 bits per heavy atom. The molecular formula is C14H19BrN2O4S. The minimum absolute atomic E-state index is 0.0510. The minimum atomic E-state index is -3.23. The van der Waals surface area contributed by atoms with E-state index in [4.69, 9.17) is 0 Å². The van der Waals surface area contributed by atoms with Gasteiger partial charge < -0.3 is 9.47 Å². The third-order valence-electron chi connectivity index (χ3n) is 4.22. The molecule has 1 aromatic rings. The number of hydrogen-bond acceptors (Lipinski definition) is 4. The second kappa shape index (κ2) is 5.49. The van der Waals surface area contributed by atoms with Gasteiger partial charge in [-0.05, 0) is 42.8 Å². The fraction of sp³-hybridized carbons (Fsp3) is 0.571. The van der Waals surface area contributed by atoms with E-state index >= 15 is 0 Å². The van der Waals surface area contributed by atoms with Gasteiger partial charge >= 0.3 is 0 Å². The van der Waals surface area contributed by atoms with E-state index in [9.17, 15) is 18.0 Å². The number of halogens is 1. The zero-order valence-electron chi connectivity index (χ0n) is 13.0. The van der Waals surface area contributed by atoms with Crippen LogP contribution < -0.4 is 5.56 Å². The van der Waals surface area contributed by atoms with E-state index in [0.717, 1.165) is 5.69 Å². The first-order chi connectivity index (χ1) is 9.98. The van der Waals surface area contributed by atoms with Crippen molar-refractivity contribution in [1.29, 1.82) is 0 Å². The first-order valence-electron chi connectivity index (χ1n) is 6.85. The van der Waals surface area contributed by atoms with E-state index in [0.29, 0.717) is 4.47 Å². The maximum absolute atomic E-state index is 12.6. The van der Waals surface area contributed by atoms with Crippen molar-refractivity contribution in [3.8, 4) is 0 Å². The monoisotopic (exact) mass is 390 g/mol. The number of carbonyl (C=O) groups is 1. The van der Waals surface area contributed by atoms with E-state index < -0.39 is 20.5 Å². The molecule has 0 saturated carbocycles. The normalized spacial score (nSPS) is 20.0. The molecule has 0 spiro atoms. The lowest BCUT2D eigenvalue weighted by Gasteiger charge is -2.37. The summed E-state index contributed by atoms with van der Waals surface area (Å²) in [5.41, 5.74) is 0.398. The Bertz CT molecular complexity index is 796. The van der Waals surface area contributed by atoms with Gasteiger partial charge in [0.15, 0.2) is 9.84 Å². The van der Waals surface area contributed by atoms with Crippen molar-refractivity contribution in [1.82, 2.24) is 9.47 Å². The van der Waals surface area contributed by atoms with Crippen molar-refractivity contribution in [2.75, 3.05) is 18.8 Å². The molecular weight excluding hydrogens is 372 g/mol. The van der Waals surface area contributed by atoms with E-state index in [2.05, 4.69) is 15.9 Å². The van der Waals surface area contributed by atoms with Crippen molar-refractivity contribution in [3.63, 3.8) is 0 Å². The lowest BCUT2D eigenvalue weighted by atomic mass is 10.1. The molecule has 2 rings (SSSR count). The molecule has 0 aromatic carbocycles. The maximum Gasteiger partial charge on any atom is 0.263 e. The summed E-state index contributed by atoms with van der Waals surface area (Å²) in [6.45, 7) is 5.17. The van der Waals surface area contributed by atoms with Crippen LogP contribution in [0.1, 0.15) is 29.9 Å². The van der Waals surface area contributed by atoms with E-state index in [1.165, 1.54) is 15.5 Å². The van der Waals surface area contributed by atoms with Gasteiger partial charge in [-0.3, -0.25) is 9.59 Å². The molecule has 8 heteroatoms. The third-order valence-corrected chi connectivity index (χ3v) is 7.55. The van der Waals surface area contributed by atoms with Gasteiger partial charge in [0.1, 0.15) is 5.56 Å². The highest BCUT2D eigenvalue weighted by Crippen LogP contribution is 2.25. The molecule has 1 aliphatic heterocycles. The standard InChI is InChI=1S/C14H19BrN2O4S/c1-9-11(15)7-10(12(18)16(9)4)13(19)17-5-6-22(20,21)14(2,3)8-17/h7H,5-6,8H2,1-4H3. The second-order valence-electron chi connectivity index (χ2n) is 6.16. The summed E-state index contributed by atoms with van der Waals surface area (Å²) in [6.07, 6.45) is 0. The Labute approximate surface area is 138 Å². The largest absolute Gasteiger partial charge is 0.336 e. The quantitative estimate of drug-likeness (QED) is 0.719. The zero-order valence-corrected chi connectivity index (χ0v) is 15.4. The molecule has 1 aliphatic rings. The molecule has 0 N–H and O–H groups in total. The molecule has 122 valence electrons. The second-order valence-corrected chi connectivity index (χ2v) is 9.76. The molecule has 0 atom stereocenters. The number of nitrogens with zero attached hydrogens (tertiary/aromatic N) is 2. The molecule has 1 fully saturated rings. The summed E-state index contributed by atoms with van der Waals surface area (Å²) in [4.78, 5) is 26.4. The van der Waals surface area contributed by atoms with Gasteiger partial charge in [0.2, 0.25) is 0 Å². The molecule has 2 heterocycles. The Morgan fingerprint density at radius 1 is 1.36 bits per heavy atom. The highest BCUT2D eigenvalue weighted by atomic mass is 79.9. The van der Waals surface area contributed by atoms with Crippen LogP contribution in [0.5, 0.6) is 0 Å². The van der Waals surface area contributed by atoms with Gasteiger partial charge in [0.25, 0.3) is 11.5 Å². The van der Waals surface area contributed by atoms with E-state index in [1.54, 1.807) is 27.8 Å². The smallest absolute Gasteiger partial charge is 0.263 e. The predicted molar refractivity (Wildman–Crippen MR) is 87.9 cm³/mol. The third kappa shape index (κ3) is 2.74. The average Bonchev–Trinajstić information content (AvgIpc) is 2.43. The number of hydrogen-bond donors (Lipinski definition) is 0. The van der Waals surface area contributed by atoms with Gasteiger partial charge in [-0.1, -0.05) is 0 Å². The van der Waals surface area contributed by atoms with Crippen LogP contribution in [0.25, 0.3) is 0 Å². The lowest BCUT2D eigenvalue weighted by molar-refractivity contribution is 0.0741. The molecule has 22 heavy (non-hydrogen) atoms. The van der Waals surface area contributed by atoms with Crippen LogP contribution in [0.3, 0.4) is 0 Å². The van der Waals surface area contributed by atoms with Crippen molar-refractivity contribution in [2.24, 2.45) is 7.05 Å². The van der Waals surface area contributed by atoms with Gasteiger partial charge in [0.05, 0.1) is 10.5 Å². The maximum atomic E-state index is 12.6. The Morgan fingerprint density at radius 2 is 1.95 bits per heavy atom. The summed E-state index contributed by atoms with van der Waals surface area (Å²) in [5.74, 6) is -0.511. The predicted octanol–water partition coefficient (Wildman–Crippen LogP) is 1.11. The average molecular weight is 391 g/mol. The summed E-state index contributed by atoms with van der Waals surface area (Å²) in [5, 5.41) is 0. The fourth-order valence-electron chi connectivity index (χ4n) is 2.43. The molecule has 0 unspecified atom stereocenters. The molecule has 0 radical (unpaired) electrons. The van der Waals surface area contributed by atoms with Crippen LogP contribution in [0.15, 0.2) is 15.3 Å². The van der Waals surface area contributed by atoms with Crippen molar-refractivity contribution < 1.29 is 13.2 Å². The Hall–Kier alpha value is -1.15. The topological polar surface area (TPSA) is 76.5 Å². The number of pyridine rings is 1. The summed E-state index contributed by atoms with van der Waals surface area (Å²) < 4.78 is 25.1. The first-order valence-corrected chi connectivity index (χ1v) is 9.30. The number of sulfone groups is 1. The van der Waals surface area contributed by atoms with Crippen molar-refractivity contribution >= 4 is 31.7 Å². The van der Waals surface area contributed by atoms with Crippen LogP contribution in [-0.2, 0) is 16.9 Å². The fourth-order valence-corrected chi connectivity index (χ4v) is 4.29. The number of aromatic nitrogens is 1. The van der Waals surface area contributed by atoms with Crippen LogP contribution in [0.2, 0.25) is 0 Å². The zero-order chi connectivity index (χ0) is 16.9. The SMILES string of the molecule is Cc1c(Br)cc(C(=O)N2CCS(=O)(=O)C(C)(C)C2)c(=O)n1C. The van der Waals surface area contributed by atoms with Crippen LogP contribution in [-0.4, -0.2) is 47.4 Å². The summed E-state index contributed by atoms with van der Waals surface area (Å²) in [6, 6.07) is 1.51. The first kappa shape index (κ1) is 17.2. The number of amides is 1. The molecule has 0 aliphatic carbocycles. The highest BCUT2D eigenvalue weighted by Gasteiger charge is 2.42. The highest BCUT2D eigenvalue weighted by molar-refractivity contribution is 9.10. The Balaban J connectivity index is 2.41. The van der Waals surface area contributed by atoms with E-state index in [1.807, 2.05) is 0 Å². The number of carbonyl (C=O) groups excluding carboxylic acids is 1. The van der Waals surface area contributed by atoms with Crippen LogP contribution in [0, 0.1) is 6.92 Å². The van der Waals surface area contributed by atoms with Crippen molar-refractivity contribution in [2.45, 2.75) is 25.5 Å². The summed E-state index contributed by atoms with van der Waals surface area (Å²) >= 11 is 3.34. The molecule has 6 nitrogen and oxygen atoms in total. The molecule has 1 saturated heterocycles. The number of rotatable bonds is 1. The van der Waals surface area contributed by atoms with Gasteiger partial charge in [-0.15, -0.1) is 0 Å². The Kier molecular flexibility index (Phi) is 4.29. The van der Waals surface area contributed by atoms with Gasteiger partial charge in [-0.25, -0.2) is 8.42 Å². The van der Waals surface area contributed by atoms with Gasteiger partial charge in [-0.2, -0.15) is 0 Å². The van der Waals surface area contributed by atoms with Crippen LogP contribution in [0.4, 0.5) is 0 Å². The summed E-state index contributed by atoms with van der Waals surface area (Å²) in [7, 11) is -1.63. The molecule has 1 aromatic heterocycles. The van der Waals surface area contributed by atoms with Crippen molar-refractivity contribution in [3.05, 3.63) is 32.2 Å². The molecule has 0 bridgehead atoms. The molecule has 1 amide bonds. The van der Waals surface area contributed by atoms with Gasteiger partial charge in [0, 0.05) is 30.3 Å². The van der Waals surface area contributed by atoms with Crippen LogP contribution >= 0.6 is 15.9 Å². The lowest BCUT2D eigenvalue weighted by Crippen LogP contribution is -2.55. The minimum Gasteiger partial charge on any atom is -0.336 e.